The summed E-state index contributed by atoms with van der Waals surface area (Å²) < 4.78 is 1.66. The number of hydrogen-bond acceptors (Lipinski definition) is 4. The second-order valence-corrected chi connectivity index (χ2v) is 3.93. The van der Waals surface area contributed by atoms with E-state index in [1.54, 1.807) is 10.9 Å². The van der Waals surface area contributed by atoms with Crippen molar-refractivity contribution in [1.29, 1.82) is 0 Å². The van der Waals surface area contributed by atoms with E-state index >= 15 is 0 Å². The minimum absolute atomic E-state index is 0.197. The molecule has 90 valence electrons. The molecule has 1 unspecified atom stereocenters. The Morgan fingerprint density at radius 2 is 2.35 bits per heavy atom. The van der Waals surface area contributed by atoms with Gasteiger partial charge in [0.1, 0.15) is 5.82 Å². The van der Waals surface area contributed by atoms with Gasteiger partial charge >= 0.3 is 0 Å². The van der Waals surface area contributed by atoms with E-state index in [2.05, 4.69) is 15.1 Å². The first-order valence-corrected chi connectivity index (χ1v) is 5.46. The topological polar surface area (TPSA) is 89.6 Å². The Morgan fingerprint density at radius 1 is 1.59 bits per heavy atom. The molecule has 2 rings (SSSR count). The van der Waals surface area contributed by atoms with Crippen molar-refractivity contribution in [3.05, 3.63) is 34.6 Å². The zero-order valence-electron chi connectivity index (χ0n) is 9.84. The largest absolute Gasteiger partial charge is 0.321 e. The summed E-state index contributed by atoms with van der Waals surface area (Å²) in [5.74, 6) is 0.513. The van der Waals surface area contributed by atoms with Gasteiger partial charge in [0.15, 0.2) is 0 Å². The standard InChI is InChI=1S/C11H15N5O/c1-3-8(12)11-14-9(4-10(17)15-11)7-5-13-16(2)6-7/h4-6,8H,3,12H2,1-2H3,(H,14,15,17). The van der Waals surface area contributed by atoms with Gasteiger partial charge in [-0.1, -0.05) is 6.92 Å². The summed E-state index contributed by atoms with van der Waals surface area (Å²) in [6.45, 7) is 1.95. The fourth-order valence-electron chi connectivity index (χ4n) is 1.55. The van der Waals surface area contributed by atoms with Crippen molar-refractivity contribution in [2.45, 2.75) is 19.4 Å². The van der Waals surface area contributed by atoms with Gasteiger partial charge in [-0.3, -0.25) is 9.48 Å². The maximum Gasteiger partial charge on any atom is 0.251 e. The molecular formula is C11H15N5O. The third-order valence-electron chi connectivity index (χ3n) is 2.55. The molecule has 0 aliphatic carbocycles. The van der Waals surface area contributed by atoms with Crippen LogP contribution in [0.15, 0.2) is 23.3 Å². The lowest BCUT2D eigenvalue weighted by molar-refractivity contribution is 0.646. The summed E-state index contributed by atoms with van der Waals surface area (Å²) in [4.78, 5) is 18.5. The summed E-state index contributed by atoms with van der Waals surface area (Å²) in [6.07, 6.45) is 4.20. The summed E-state index contributed by atoms with van der Waals surface area (Å²) >= 11 is 0. The highest BCUT2D eigenvalue weighted by atomic mass is 16.1. The lowest BCUT2D eigenvalue weighted by Gasteiger charge is -2.08. The summed E-state index contributed by atoms with van der Waals surface area (Å²) in [7, 11) is 1.81. The third-order valence-corrected chi connectivity index (χ3v) is 2.55. The van der Waals surface area contributed by atoms with Gasteiger partial charge < -0.3 is 10.7 Å². The predicted molar refractivity (Wildman–Crippen MR) is 64.3 cm³/mol. The van der Waals surface area contributed by atoms with Crippen LogP contribution in [0.25, 0.3) is 11.3 Å². The summed E-state index contributed by atoms with van der Waals surface area (Å²) in [5, 5.41) is 4.05. The van der Waals surface area contributed by atoms with Gasteiger partial charge in [-0.05, 0) is 6.42 Å². The molecule has 0 aliphatic heterocycles. The maximum atomic E-state index is 11.5. The van der Waals surface area contributed by atoms with Gasteiger partial charge in [0, 0.05) is 24.9 Å². The first-order valence-electron chi connectivity index (χ1n) is 5.46. The molecule has 6 nitrogen and oxygen atoms in total. The molecule has 0 aliphatic rings. The zero-order chi connectivity index (χ0) is 12.4. The van der Waals surface area contributed by atoms with Crippen molar-refractivity contribution < 1.29 is 0 Å². The maximum absolute atomic E-state index is 11.5. The predicted octanol–water partition coefficient (Wildman–Crippen LogP) is 0.580. The van der Waals surface area contributed by atoms with E-state index in [4.69, 9.17) is 5.73 Å². The Hall–Kier alpha value is -1.95. The van der Waals surface area contributed by atoms with Crippen LogP contribution in [0.2, 0.25) is 0 Å². The molecule has 3 N–H and O–H groups in total. The van der Waals surface area contributed by atoms with Gasteiger partial charge in [-0.2, -0.15) is 5.10 Å². The molecule has 0 spiro atoms. The monoisotopic (exact) mass is 233 g/mol. The Labute approximate surface area is 98.5 Å². The number of H-pyrrole nitrogens is 1. The second kappa shape index (κ2) is 4.50. The van der Waals surface area contributed by atoms with Gasteiger partial charge in [0.2, 0.25) is 0 Å². The number of aromatic nitrogens is 4. The number of hydrogen-bond donors (Lipinski definition) is 2. The zero-order valence-corrected chi connectivity index (χ0v) is 9.84. The van der Waals surface area contributed by atoms with Crippen LogP contribution in [0.4, 0.5) is 0 Å². The summed E-state index contributed by atoms with van der Waals surface area (Å²) in [6, 6.07) is 1.20. The van der Waals surface area contributed by atoms with Crippen LogP contribution in [-0.4, -0.2) is 19.7 Å². The first-order chi connectivity index (χ1) is 8.10. The SMILES string of the molecule is CCC(N)c1nc(-c2cnn(C)c2)cc(=O)[nH]1. The molecule has 2 heterocycles. The molecule has 17 heavy (non-hydrogen) atoms. The molecule has 0 aromatic carbocycles. The van der Waals surface area contributed by atoms with E-state index < -0.39 is 0 Å². The molecular weight excluding hydrogens is 218 g/mol. The van der Waals surface area contributed by atoms with E-state index in [1.807, 2.05) is 20.2 Å². The van der Waals surface area contributed by atoms with Crippen LogP contribution >= 0.6 is 0 Å². The Morgan fingerprint density at radius 3 is 2.94 bits per heavy atom. The highest BCUT2D eigenvalue weighted by molar-refractivity contribution is 5.56. The number of aromatic amines is 1. The van der Waals surface area contributed by atoms with Crippen LogP contribution in [0.3, 0.4) is 0 Å². The smallest absolute Gasteiger partial charge is 0.251 e. The molecule has 0 radical (unpaired) electrons. The fraction of sp³-hybridized carbons (Fsp3) is 0.364. The van der Waals surface area contributed by atoms with Crippen LogP contribution in [0.1, 0.15) is 25.2 Å². The van der Waals surface area contributed by atoms with Crippen LogP contribution in [0, 0.1) is 0 Å². The van der Waals surface area contributed by atoms with Crippen molar-refractivity contribution in [2.24, 2.45) is 12.8 Å². The highest BCUT2D eigenvalue weighted by Crippen LogP contribution is 2.15. The number of nitrogens with zero attached hydrogens (tertiary/aromatic N) is 3. The van der Waals surface area contributed by atoms with E-state index in [0.717, 1.165) is 12.0 Å². The number of nitrogens with two attached hydrogens (primary N) is 1. The van der Waals surface area contributed by atoms with Crippen molar-refractivity contribution in [3.8, 4) is 11.3 Å². The van der Waals surface area contributed by atoms with Gasteiger partial charge in [-0.25, -0.2) is 4.98 Å². The quantitative estimate of drug-likeness (QED) is 0.811. The summed E-state index contributed by atoms with van der Waals surface area (Å²) in [5.41, 5.74) is 7.07. The highest BCUT2D eigenvalue weighted by Gasteiger charge is 2.10. The van der Waals surface area contributed by atoms with Crippen LogP contribution in [0.5, 0.6) is 0 Å². The number of nitrogens with one attached hydrogen (secondary N) is 1. The van der Waals surface area contributed by atoms with Crippen molar-refractivity contribution in [2.75, 3.05) is 0 Å². The Balaban J connectivity index is 2.48. The third kappa shape index (κ3) is 2.42. The second-order valence-electron chi connectivity index (χ2n) is 3.93. The minimum atomic E-state index is -0.251. The van der Waals surface area contributed by atoms with Crippen molar-refractivity contribution >= 4 is 0 Å². The van der Waals surface area contributed by atoms with E-state index in [1.165, 1.54) is 6.07 Å². The molecule has 0 saturated carbocycles. The number of aryl methyl sites for hydroxylation is 1. The fourth-order valence-corrected chi connectivity index (χ4v) is 1.55. The van der Waals surface area contributed by atoms with Crippen LogP contribution in [-0.2, 0) is 7.05 Å². The Kier molecular flexibility index (Phi) is 3.06. The van der Waals surface area contributed by atoms with Crippen molar-refractivity contribution in [3.63, 3.8) is 0 Å². The molecule has 0 fully saturated rings. The van der Waals surface area contributed by atoms with E-state index in [9.17, 15) is 4.79 Å². The molecule has 2 aromatic rings. The van der Waals surface area contributed by atoms with Gasteiger partial charge in [0.05, 0.1) is 17.9 Å². The van der Waals surface area contributed by atoms with E-state index in [-0.39, 0.29) is 11.6 Å². The molecule has 2 aromatic heterocycles. The molecule has 1 atom stereocenters. The molecule has 6 heteroatoms. The van der Waals surface area contributed by atoms with Crippen LogP contribution < -0.4 is 11.3 Å². The average Bonchev–Trinajstić information content (AvgIpc) is 2.74. The number of rotatable bonds is 3. The minimum Gasteiger partial charge on any atom is -0.321 e. The lowest BCUT2D eigenvalue weighted by atomic mass is 10.2. The Bertz CT molecular complexity index is 571. The first kappa shape index (κ1) is 11.5. The molecule has 0 amide bonds. The molecule has 0 bridgehead atoms. The van der Waals surface area contributed by atoms with E-state index in [0.29, 0.717) is 11.5 Å². The normalized spacial score (nSPS) is 12.6. The lowest BCUT2D eigenvalue weighted by Crippen LogP contribution is -2.19. The average molecular weight is 233 g/mol. The van der Waals surface area contributed by atoms with Gasteiger partial charge in [0.25, 0.3) is 5.56 Å². The van der Waals surface area contributed by atoms with Gasteiger partial charge in [-0.15, -0.1) is 0 Å². The van der Waals surface area contributed by atoms with Crippen molar-refractivity contribution in [1.82, 2.24) is 19.7 Å². The molecule has 0 saturated heterocycles.